The zero-order valence-corrected chi connectivity index (χ0v) is 13.0. The molecule has 0 aliphatic heterocycles. The van der Waals surface area contributed by atoms with E-state index < -0.39 is 5.63 Å². The van der Waals surface area contributed by atoms with E-state index in [9.17, 15) is 14.7 Å². The van der Waals surface area contributed by atoms with Gasteiger partial charge in [-0.1, -0.05) is 6.07 Å². The predicted molar refractivity (Wildman–Crippen MR) is 91.3 cm³/mol. The molecule has 0 spiro atoms. The molecule has 0 fully saturated rings. The Morgan fingerprint density at radius 2 is 2.00 bits per heavy atom. The van der Waals surface area contributed by atoms with Crippen LogP contribution in [0.5, 0.6) is 5.75 Å². The minimum Gasteiger partial charge on any atom is -0.508 e. The van der Waals surface area contributed by atoms with Crippen LogP contribution in [0.1, 0.15) is 15.9 Å². The number of nitrogens with one attached hydrogen (secondary N) is 2. The number of anilines is 1. The summed E-state index contributed by atoms with van der Waals surface area (Å²) in [6.07, 6.45) is 0. The number of carbonyl (C=O) groups is 1. The first-order valence-corrected chi connectivity index (χ1v) is 7.38. The Hall–Kier alpha value is -3.28. The average Bonchev–Trinajstić information content (AvgIpc) is 2.58. The highest BCUT2D eigenvalue weighted by atomic mass is 16.4. The molecule has 6 nitrogen and oxygen atoms in total. The highest BCUT2D eigenvalue weighted by molar-refractivity contribution is 5.94. The van der Waals surface area contributed by atoms with Crippen LogP contribution < -0.4 is 16.3 Å². The molecule has 1 amide bonds. The fraction of sp³-hybridized carbons (Fsp3) is 0.111. The van der Waals surface area contributed by atoms with Gasteiger partial charge in [-0.05, 0) is 35.9 Å². The number of benzene rings is 2. The van der Waals surface area contributed by atoms with Crippen LogP contribution in [0, 0.1) is 0 Å². The Morgan fingerprint density at radius 1 is 1.17 bits per heavy atom. The highest BCUT2D eigenvalue weighted by Crippen LogP contribution is 2.22. The number of fused-ring (bicyclic) bond motifs is 1. The van der Waals surface area contributed by atoms with Crippen LogP contribution in [0.4, 0.5) is 5.69 Å². The lowest BCUT2D eigenvalue weighted by molar-refractivity contribution is 0.0963. The summed E-state index contributed by atoms with van der Waals surface area (Å²) in [5.41, 5.74) is 1.90. The van der Waals surface area contributed by atoms with Crippen molar-refractivity contribution in [1.82, 2.24) is 5.32 Å². The minimum atomic E-state index is -0.482. The van der Waals surface area contributed by atoms with Gasteiger partial charge in [-0.3, -0.25) is 4.79 Å². The molecular weight excluding hydrogens is 308 g/mol. The molecule has 3 aromatic rings. The van der Waals surface area contributed by atoms with Gasteiger partial charge in [-0.15, -0.1) is 0 Å². The lowest BCUT2D eigenvalue weighted by atomic mass is 10.1. The summed E-state index contributed by atoms with van der Waals surface area (Å²) in [4.78, 5) is 23.4. The summed E-state index contributed by atoms with van der Waals surface area (Å²) in [6.45, 7) is 0.379. The number of carbonyl (C=O) groups excluding carboxylic acids is 1. The van der Waals surface area contributed by atoms with Crippen molar-refractivity contribution in [1.29, 1.82) is 0 Å². The summed E-state index contributed by atoms with van der Waals surface area (Å²) in [7, 11) is 1.58. The normalized spacial score (nSPS) is 10.5. The van der Waals surface area contributed by atoms with Crippen LogP contribution >= 0.6 is 0 Å². The van der Waals surface area contributed by atoms with E-state index in [0.717, 1.165) is 16.6 Å². The molecule has 0 saturated carbocycles. The molecule has 1 heterocycles. The molecule has 2 aromatic carbocycles. The molecule has 3 rings (SSSR count). The Bertz CT molecular complexity index is 963. The number of aromatic hydroxyl groups is 1. The second-order valence-electron chi connectivity index (χ2n) is 5.28. The Balaban J connectivity index is 1.88. The molecule has 0 atom stereocenters. The molecular formula is C18H16N2O4. The van der Waals surface area contributed by atoms with Crippen LogP contribution in [0.3, 0.4) is 0 Å². The molecule has 1 aromatic heterocycles. The first-order valence-electron chi connectivity index (χ1n) is 7.38. The quantitative estimate of drug-likeness (QED) is 0.641. The van der Waals surface area contributed by atoms with Crippen molar-refractivity contribution >= 4 is 22.6 Å². The molecule has 0 radical (unpaired) electrons. The smallest absolute Gasteiger partial charge is 0.336 e. The molecule has 0 unspecified atom stereocenters. The summed E-state index contributed by atoms with van der Waals surface area (Å²) >= 11 is 0. The van der Waals surface area contributed by atoms with E-state index in [4.69, 9.17) is 4.42 Å². The lowest BCUT2D eigenvalue weighted by Gasteiger charge is -2.10. The van der Waals surface area contributed by atoms with Crippen molar-refractivity contribution in [2.45, 2.75) is 6.54 Å². The molecule has 0 aliphatic carbocycles. The van der Waals surface area contributed by atoms with Crippen molar-refractivity contribution in [2.75, 3.05) is 12.4 Å². The van der Waals surface area contributed by atoms with Gasteiger partial charge in [-0.2, -0.15) is 0 Å². The zero-order chi connectivity index (χ0) is 17.1. The molecule has 0 aliphatic rings. The third-order valence-electron chi connectivity index (χ3n) is 3.65. The van der Waals surface area contributed by atoms with E-state index in [1.165, 1.54) is 18.2 Å². The van der Waals surface area contributed by atoms with Crippen LogP contribution in [0.15, 0.2) is 57.7 Å². The fourth-order valence-electron chi connectivity index (χ4n) is 2.48. The molecule has 24 heavy (non-hydrogen) atoms. The van der Waals surface area contributed by atoms with Gasteiger partial charge < -0.3 is 20.2 Å². The van der Waals surface area contributed by atoms with Crippen molar-refractivity contribution in [3.63, 3.8) is 0 Å². The number of hydrogen-bond donors (Lipinski definition) is 3. The van der Waals surface area contributed by atoms with Crippen molar-refractivity contribution in [3.8, 4) is 5.75 Å². The predicted octanol–water partition coefficient (Wildman–Crippen LogP) is 2.47. The van der Waals surface area contributed by atoms with Crippen LogP contribution in [-0.2, 0) is 6.54 Å². The lowest BCUT2D eigenvalue weighted by Crippen LogP contribution is -2.17. The Morgan fingerprint density at radius 3 is 2.79 bits per heavy atom. The maximum atomic E-state index is 11.7. The second kappa shape index (κ2) is 6.45. The standard InChI is InChI=1S/C18H16N2O4/c1-19-18(23)11-3-2-4-13(7-11)20-10-12-8-17(22)24-16-9-14(21)5-6-15(12)16/h2-9,20-21H,10H2,1H3,(H,19,23). The molecule has 6 heteroatoms. The molecule has 0 saturated heterocycles. The monoisotopic (exact) mass is 324 g/mol. The first-order chi connectivity index (χ1) is 11.6. The topological polar surface area (TPSA) is 91.6 Å². The van der Waals surface area contributed by atoms with Gasteiger partial charge in [0.25, 0.3) is 5.91 Å². The van der Waals surface area contributed by atoms with Gasteiger partial charge in [0, 0.05) is 42.4 Å². The third-order valence-corrected chi connectivity index (χ3v) is 3.65. The first kappa shape index (κ1) is 15.6. The van der Waals surface area contributed by atoms with Gasteiger partial charge in [0.2, 0.25) is 0 Å². The van der Waals surface area contributed by atoms with Crippen molar-refractivity contribution in [2.24, 2.45) is 0 Å². The SMILES string of the molecule is CNC(=O)c1cccc(NCc2cc(=O)oc3cc(O)ccc23)c1. The van der Waals surface area contributed by atoms with E-state index in [1.54, 1.807) is 31.3 Å². The molecule has 122 valence electrons. The number of rotatable bonds is 4. The average molecular weight is 324 g/mol. The van der Waals surface area contributed by atoms with E-state index in [2.05, 4.69) is 10.6 Å². The third kappa shape index (κ3) is 3.22. The zero-order valence-electron chi connectivity index (χ0n) is 13.0. The number of phenols is 1. The Labute approximate surface area is 137 Å². The highest BCUT2D eigenvalue weighted by Gasteiger charge is 2.08. The Kier molecular flexibility index (Phi) is 4.20. The van der Waals surface area contributed by atoms with Gasteiger partial charge in [0.05, 0.1) is 0 Å². The maximum Gasteiger partial charge on any atom is 0.336 e. The number of hydrogen-bond acceptors (Lipinski definition) is 5. The van der Waals surface area contributed by atoms with Crippen molar-refractivity contribution in [3.05, 3.63) is 70.1 Å². The van der Waals surface area contributed by atoms with Crippen molar-refractivity contribution < 1.29 is 14.3 Å². The maximum absolute atomic E-state index is 11.7. The van der Waals surface area contributed by atoms with Crippen LogP contribution in [0.25, 0.3) is 11.0 Å². The number of phenolic OH excluding ortho intramolecular Hbond substituents is 1. The van der Waals surface area contributed by atoms with E-state index in [0.29, 0.717) is 17.7 Å². The number of amides is 1. The van der Waals surface area contributed by atoms with Gasteiger partial charge in [0.15, 0.2) is 0 Å². The second-order valence-corrected chi connectivity index (χ2v) is 5.28. The fourth-order valence-corrected chi connectivity index (χ4v) is 2.48. The van der Waals surface area contributed by atoms with Crippen LogP contribution in [0.2, 0.25) is 0 Å². The van der Waals surface area contributed by atoms with E-state index in [1.807, 2.05) is 6.07 Å². The van der Waals surface area contributed by atoms with E-state index in [-0.39, 0.29) is 11.7 Å². The molecule has 3 N–H and O–H groups in total. The largest absolute Gasteiger partial charge is 0.508 e. The summed E-state index contributed by atoms with van der Waals surface area (Å²) in [5, 5.41) is 16.0. The summed E-state index contributed by atoms with van der Waals surface area (Å²) < 4.78 is 5.10. The summed E-state index contributed by atoms with van der Waals surface area (Å²) in [6, 6.07) is 13.1. The van der Waals surface area contributed by atoms with E-state index >= 15 is 0 Å². The molecule has 0 bridgehead atoms. The van der Waals surface area contributed by atoms with Crippen LogP contribution in [-0.4, -0.2) is 18.1 Å². The minimum absolute atomic E-state index is 0.0361. The van der Waals surface area contributed by atoms with Gasteiger partial charge in [0.1, 0.15) is 11.3 Å². The van der Waals surface area contributed by atoms with Gasteiger partial charge in [-0.25, -0.2) is 4.79 Å². The summed E-state index contributed by atoms with van der Waals surface area (Å²) in [5.74, 6) is -0.131. The van der Waals surface area contributed by atoms with Gasteiger partial charge >= 0.3 is 5.63 Å².